The summed E-state index contributed by atoms with van der Waals surface area (Å²) in [5, 5.41) is 0. The van der Waals surface area contributed by atoms with Gasteiger partial charge in [-0.25, -0.2) is 9.18 Å². The monoisotopic (exact) mass is 569 g/mol. The van der Waals surface area contributed by atoms with Crippen molar-refractivity contribution in [3.05, 3.63) is 47.1 Å². The number of likely N-dealkylation sites (tertiary alicyclic amines) is 2. The molecule has 3 fully saturated rings. The van der Waals surface area contributed by atoms with Gasteiger partial charge in [0.15, 0.2) is 0 Å². The molecule has 0 radical (unpaired) electrons. The highest BCUT2D eigenvalue weighted by molar-refractivity contribution is 7.17. The van der Waals surface area contributed by atoms with Gasteiger partial charge in [0.25, 0.3) is 5.91 Å². The quantitative estimate of drug-likeness (QED) is 0.524. The minimum Gasteiger partial charge on any atom is -0.336 e. The molecule has 5 rings (SSSR count). The number of halogens is 1. The second-order valence-electron chi connectivity index (χ2n) is 12.9. The van der Waals surface area contributed by atoms with Gasteiger partial charge in [0.2, 0.25) is 0 Å². The number of rotatable bonds is 6. The van der Waals surface area contributed by atoms with Crippen LogP contribution in [-0.4, -0.2) is 96.0 Å². The SMILES string of the molecule is CN(C(=O)c1ccc(-c2ccc(F)cc2)s1)C1CCN(C(=O)N(C)C2CCN(C3(CN)CCC(C)(C)CC3)C2)C1. The zero-order chi connectivity index (χ0) is 28.7. The first-order valence-corrected chi connectivity index (χ1v) is 15.4. The van der Waals surface area contributed by atoms with Crippen LogP contribution in [0.2, 0.25) is 0 Å². The topological polar surface area (TPSA) is 73.1 Å². The second-order valence-corrected chi connectivity index (χ2v) is 13.9. The number of likely N-dealkylation sites (N-methyl/N-ethyl adjacent to an activating group) is 2. The molecule has 2 unspecified atom stereocenters. The van der Waals surface area contributed by atoms with E-state index in [0.29, 0.717) is 29.9 Å². The minimum atomic E-state index is -0.277. The fourth-order valence-electron chi connectivity index (χ4n) is 6.70. The van der Waals surface area contributed by atoms with Crippen LogP contribution >= 0.6 is 11.3 Å². The van der Waals surface area contributed by atoms with Crippen LogP contribution in [0.1, 0.15) is 62.0 Å². The van der Waals surface area contributed by atoms with Gasteiger partial charge in [-0.15, -0.1) is 11.3 Å². The number of nitrogens with zero attached hydrogens (tertiary/aromatic N) is 4. The van der Waals surface area contributed by atoms with Gasteiger partial charge >= 0.3 is 6.03 Å². The third-order valence-electron chi connectivity index (χ3n) is 9.85. The average molecular weight is 570 g/mol. The van der Waals surface area contributed by atoms with Crippen molar-refractivity contribution >= 4 is 23.3 Å². The van der Waals surface area contributed by atoms with Gasteiger partial charge in [-0.3, -0.25) is 9.69 Å². The zero-order valence-electron chi connectivity index (χ0n) is 24.4. The maximum Gasteiger partial charge on any atom is 0.320 e. The molecule has 218 valence electrons. The van der Waals surface area contributed by atoms with E-state index in [4.69, 9.17) is 5.73 Å². The van der Waals surface area contributed by atoms with E-state index in [-0.39, 0.29) is 35.4 Å². The summed E-state index contributed by atoms with van der Waals surface area (Å²) in [6.07, 6.45) is 6.38. The van der Waals surface area contributed by atoms with Gasteiger partial charge in [0.1, 0.15) is 5.82 Å². The fraction of sp³-hybridized carbons (Fsp3) is 0.613. The van der Waals surface area contributed by atoms with E-state index < -0.39 is 0 Å². The van der Waals surface area contributed by atoms with E-state index in [1.54, 1.807) is 17.0 Å². The Kier molecular flexibility index (Phi) is 8.28. The molecule has 1 aliphatic carbocycles. The van der Waals surface area contributed by atoms with Gasteiger partial charge in [0.05, 0.1) is 10.9 Å². The molecule has 7 nitrogen and oxygen atoms in total. The lowest BCUT2D eigenvalue weighted by Crippen LogP contribution is -2.56. The van der Waals surface area contributed by atoms with Crippen LogP contribution in [0.3, 0.4) is 0 Å². The lowest BCUT2D eigenvalue weighted by Gasteiger charge is -2.48. The van der Waals surface area contributed by atoms with E-state index >= 15 is 0 Å². The Hall–Kier alpha value is -2.49. The molecule has 1 aromatic carbocycles. The van der Waals surface area contributed by atoms with E-state index in [9.17, 15) is 14.0 Å². The molecule has 3 amide bonds. The summed E-state index contributed by atoms with van der Waals surface area (Å²) < 4.78 is 13.3. The van der Waals surface area contributed by atoms with Crippen molar-refractivity contribution in [1.29, 1.82) is 0 Å². The van der Waals surface area contributed by atoms with Crippen molar-refractivity contribution in [3.63, 3.8) is 0 Å². The van der Waals surface area contributed by atoms with Crippen LogP contribution in [-0.2, 0) is 0 Å². The molecule has 3 heterocycles. The Balaban J connectivity index is 1.15. The Bertz CT molecular complexity index is 1200. The highest BCUT2D eigenvalue weighted by Gasteiger charge is 2.45. The summed E-state index contributed by atoms with van der Waals surface area (Å²) in [5.41, 5.74) is 7.70. The van der Waals surface area contributed by atoms with Crippen molar-refractivity contribution in [2.75, 3.05) is 46.8 Å². The molecular formula is C31H44FN5O2S. The van der Waals surface area contributed by atoms with Crippen LogP contribution in [0, 0.1) is 11.2 Å². The normalized spacial score (nSPS) is 24.3. The summed E-state index contributed by atoms with van der Waals surface area (Å²) in [7, 11) is 3.76. The maximum absolute atomic E-state index is 13.5. The summed E-state index contributed by atoms with van der Waals surface area (Å²) in [6, 6.07) is 10.3. The Morgan fingerprint density at radius 2 is 1.60 bits per heavy atom. The van der Waals surface area contributed by atoms with E-state index in [1.807, 2.05) is 36.0 Å². The largest absolute Gasteiger partial charge is 0.336 e. The van der Waals surface area contributed by atoms with Crippen LogP contribution in [0.25, 0.3) is 10.4 Å². The number of urea groups is 1. The standard InChI is InChI=1S/C31H44FN5O2S/c1-30(2)13-15-31(21-33,16-14-30)37-18-12-25(20-37)35(4)29(39)36-17-11-24(19-36)34(3)28(38)27-10-9-26(40-27)22-5-7-23(32)8-6-22/h5-10,24-25H,11-21,33H2,1-4H3. The predicted molar refractivity (Wildman–Crippen MR) is 159 cm³/mol. The first-order chi connectivity index (χ1) is 19.0. The first kappa shape index (κ1) is 29.0. The van der Waals surface area contributed by atoms with Crippen molar-refractivity contribution in [2.24, 2.45) is 11.1 Å². The average Bonchev–Trinajstić information content (AvgIpc) is 3.73. The molecule has 40 heavy (non-hydrogen) atoms. The summed E-state index contributed by atoms with van der Waals surface area (Å²) in [6.45, 7) is 8.44. The molecule has 0 spiro atoms. The van der Waals surface area contributed by atoms with Crippen LogP contribution in [0.4, 0.5) is 9.18 Å². The highest BCUT2D eigenvalue weighted by Crippen LogP contribution is 2.44. The molecule has 2 atom stereocenters. The lowest BCUT2D eigenvalue weighted by atomic mass is 9.69. The first-order valence-electron chi connectivity index (χ1n) is 14.6. The molecular weight excluding hydrogens is 525 g/mol. The van der Waals surface area contributed by atoms with E-state index in [1.165, 1.54) is 36.3 Å². The molecule has 1 saturated carbocycles. The Morgan fingerprint density at radius 3 is 2.27 bits per heavy atom. The van der Waals surface area contributed by atoms with Crippen molar-refractivity contribution in [1.82, 2.24) is 19.6 Å². The number of hydrogen-bond donors (Lipinski definition) is 1. The summed E-state index contributed by atoms with van der Waals surface area (Å²) in [4.78, 5) is 36.6. The number of carbonyl (C=O) groups excluding carboxylic acids is 2. The van der Waals surface area contributed by atoms with Gasteiger partial charge in [-0.1, -0.05) is 26.0 Å². The summed E-state index contributed by atoms with van der Waals surface area (Å²) in [5.74, 6) is -0.319. The van der Waals surface area contributed by atoms with Crippen molar-refractivity contribution in [3.8, 4) is 10.4 Å². The van der Waals surface area contributed by atoms with Gasteiger partial charge in [-0.2, -0.15) is 0 Å². The molecule has 2 N–H and O–H groups in total. The lowest BCUT2D eigenvalue weighted by molar-refractivity contribution is 0.0356. The zero-order valence-corrected chi connectivity index (χ0v) is 25.2. The number of benzene rings is 1. The van der Waals surface area contributed by atoms with Crippen LogP contribution in [0.5, 0.6) is 0 Å². The van der Waals surface area contributed by atoms with Crippen LogP contribution in [0.15, 0.2) is 36.4 Å². The van der Waals surface area contributed by atoms with Gasteiger partial charge in [-0.05, 0) is 73.8 Å². The molecule has 2 aromatic rings. The third kappa shape index (κ3) is 5.78. The predicted octanol–water partition coefficient (Wildman–Crippen LogP) is 5.12. The molecule has 1 aromatic heterocycles. The van der Waals surface area contributed by atoms with Crippen LogP contribution < -0.4 is 5.73 Å². The fourth-order valence-corrected chi connectivity index (χ4v) is 7.70. The van der Waals surface area contributed by atoms with E-state index in [0.717, 1.165) is 49.2 Å². The second kappa shape index (κ2) is 11.4. The van der Waals surface area contributed by atoms with Crippen molar-refractivity contribution < 1.29 is 14.0 Å². The number of hydrogen-bond acceptors (Lipinski definition) is 5. The third-order valence-corrected chi connectivity index (χ3v) is 11.0. The van der Waals surface area contributed by atoms with Crippen molar-refractivity contribution in [2.45, 2.75) is 70.0 Å². The number of nitrogens with two attached hydrogens (primary N) is 1. The molecule has 2 saturated heterocycles. The molecule has 9 heteroatoms. The molecule has 0 bridgehead atoms. The molecule has 2 aliphatic heterocycles. The Morgan fingerprint density at radius 1 is 0.950 bits per heavy atom. The highest BCUT2D eigenvalue weighted by atomic mass is 32.1. The smallest absolute Gasteiger partial charge is 0.320 e. The summed E-state index contributed by atoms with van der Waals surface area (Å²) >= 11 is 1.41. The molecule has 3 aliphatic rings. The Labute approximate surface area is 242 Å². The van der Waals surface area contributed by atoms with E-state index in [2.05, 4.69) is 18.7 Å². The number of carbonyl (C=O) groups is 2. The minimum absolute atomic E-state index is 0.0209. The number of amides is 3. The van der Waals surface area contributed by atoms with Gasteiger partial charge in [0, 0.05) is 63.3 Å². The maximum atomic E-state index is 13.5. The number of thiophene rings is 1. The van der Waals surface area contributed by atoms with Gasteiger partial charge < -0.3 is 20.4 Å².